The Morgan fingerprint density at radius 2 is 1.64 bits per heavy atom. The second-order valence-electron chi connectivity index (χ2n) is 7.62. The van der Waals surface area contributed by atoms with E-state index in [-0.39, 0.29) is 11.6 Å². The van der Waals surface area contributed by atoms with Crippen molar-refractivity contribution in [3.05, 3.63) is 83.1 Å². The van der Waals surface area contributed by atoms with Crippen LogP contribution in [0.2, 0.25) is 0 Å². The van der Waals surface area contributed by atoms with Crippen LogP contribution in [0, 0.1) is 5.92 Å². The molecule has 2 heterocycles. The number of ether oxygens (including phenoxy) is 1. The van der Waals surface area contributed by atoms with Crippen LogP contribution < -0.4 is 0 Å². The monoisotopic (exact) mass is 485 g/mol. The normalized spacial score (nSPS) is 19.7. The Morgan fingerprint density at radius 3 is 2.15 bits per heavy atom. The van der Waals surface area contributed by atoms with Crippen LogP contribution in [0.5, 0.6) is 0 Å². The molecule has 1 amide bonds. The molecule has 0 radical (unpaired) electrons. The van der Waals surface area contributed by atoms with E-state index in [1.165, 1.54) is 16.7 Å². The third kappa shape index (κ3) is 4.54. The Bertz CT molecular complexity index is 1080. The number of hydrogen-bond acceptors (Lipinski definition) is 6. The summed E-state index contributed by atoms with van der Waals surface area (Å²) < 4.78 is 5.92. The van der Waals surface area contributed by atoms with Crippen molar-refractivity contribution >= 4 is 47.0 Å². The zero-order valence-corrected chi connectivity index (χ0v) is 18.9. The van der Waals surface area contributed by atoms with E-state index in [2.05, 4.69) is 0 Å². The number of carbonyl (C=O) groups excluding carboxylic acids is 3. The van der Waals surface area contributed by atoms with Crippen molar-refractivity contribution in [1.29, 1.82) is 0 Å². The van der Waals surface area contributed by atoms with Gasteiger partial charge in [0.05, 0.1) is 0 Å². The maximum Gasteiger partial charge on any atom is 0.356 e. The van der Waals surface area contributed by atoms with E-state index in [4.69, 9.17) is 21.4 Å². The molecule has 2 unspecified atom stereocenters. The quantitative estimate of drug-likeness (QED) is 0.265. The number of halogens is 1. The number of ketones is 1. The van der Waals surface area contributed by atoms with E-state index in [0.29, 0.717) is 11.3 Å². The number of alkyl halides is 1. The number of Topliss-reactive ketones (excluding diaryl/α,β-unsaturated/α-hetero) is 1. The Kier molecular flexibility index (Phi) is 6.85. The molecular weight excluding hydrogens is 466 g/mol. The molecule has 7 nitrogen and oxygen atoms in total. The number of thioether (sulfide) groups is 1. The Morgan fingerprint density at radius 1 is 1.06 bits per heavy atom. The van der Waals surface area contributed by atoms with E-state index in [9.17, 15) is 19.2 Å². The first-order chi connectivity index (χ1) is 15.9. The van der Waals surface area contributed by atoms with Gasteiger partial charge in [0.2, 0.25) is 5.91 Å². The molecule has 0 bridgehead atoms. The first-order valence-electron chi connectivity index (χ1n) is 10.2. The first kappa shape index (κ1) is 23.1. The fraction of sp³-hybridized carbons (Fsp3) is 0.250. The Labute approximate surface area is 199 Å². The van der Waals surface area contributed by atoms with Crippen molar-refractivity contribution in [2.24, 2.45) is 5.92 Å². The van der Waals surface area contributed by atoms with Crippen molar-refractivity contribution in [1.82, 2.24) is 4.90 Å². The van der Waals surface area contributed by atoms with Gasteiger partial charge in [0, 0.05) is 11.6 Å². The molecule has 4 rings (SSSR count). The van der Waals surface area contributed by atoms with Crippen LogP contribution >= 0.6 is 23.4 Å². The summed E-state index contributed by atoms with van der Waals surface area (Å²) in [7, 11) is 0. The van der Waals surface area contributed by atoms with Gasteiger partial charge < -0.3 is 9.84 Å². The molecule has 33 heavy (non-hydrogen) atoms. The van der Waals surface area contributed by atoms with E-state index >= 15 is 0 Å². The van der Waals surface area contributed by atoms with Crippen molar-refractivity contribution in [3.63, 3.8) is 0 Å². The molecule has 1 saturated heterocycles. The average molecular weight is 486 g/mol. The van der Waals surface area contributed by atoms with Crippen LogP contribution in [0.25, 0.3) is 0 Å². The molecule has 0 aliphatic carbocycles. The van der Waals surface area contributed by atoms with Gasteiger partial charge in [-0.1, -0.05) is 60.7 Å². The lowest BCUT2D eigenvalue weighted by molar-refractivity contribution is -0.160. The molecule has 1 fully saturated rings. The summed E-state index contributed by atoms with van der Waals surface area (Å²) in [6.45, 7) is 0. The predicted molar refractivity (Wildman–Crippen MR) is 122 cm³/mol. The number of hydrogen-bond donors (Lipinski definition) is 1. The van der Waals surface area contributed by atoms with Crippen molar-refractivity contribution in [3.8, 4) is 0 Å². The number of rotatable bonds is 8. The van der Waals surface area contributed by atoms with Crippen LogP contribution in [-0.2, 0) is 23.9 Å². The molecule has 2 aliphatic heterocycles. The fourth-order valence-corrected chi connectivity index (χ4v) is 5.71. The summed E-state index contributed by atoms with van der Waals surface area (Å²) in [6.07, 6.45) is -1.45. The topological polar surface area (TPSA) is 101 Å². The van der Waals surface area contributed by atoms with Crippen molar-refractivity contribution in [2.75, 3.05) is 11.6 Å². The Balaban J connectivity index is 1.63. The van der Waals surface area contributed by atoms with Crippen molar-refractivity contribution < 1.29 is 29.0 Å². The minimum atomic E-state index is -1.29. The maximum absolute atomic E-state index is 13.4. The molecule has 2 atom stereocenters. The van der Waals surface area contributed by atoms with Gasteiger partial charge >= 0.3 is 11.9 Å². The second kappa shape index (κ2) is 9.80. The number of carboxylic acids is 1. The molecule has 0 saturated carbocycles. The van der Waals surface area contributed by atoms with Gasteiger partial charge in [0.25, 0.3) is 0 Å². The number of esters is 1. The first-order valence-corrected chi connectivity index (χ1v) is 11.8. The van der Waals surface area contributed by atoms with Gasteiger partial charge in [0.1, 0.15) is 23.4 Å². The van der Waals surface area contributed by atoms with E-state index in [1.807, 2.05) is 60.7 Å². The highest BCUT2D eigenvalue weighted by atomic mass is 35.5. The number of amides is 1. The number of carboxylic acid groups (broad SMARTS) is 1. The van der Waals surface area contributed by atoms with Gasteiger partial charge in [-0.05, 0) is 16.7 Å². The lowest BCUT2D eigenvalue weighted by Gasteiger charge is -2.49. The van der Waals surface area contributed by atoms with Crippen LogP contribution in [0.3, 0.4) is 0 Å². The van der Waals surface area contributed by atoms with E-state index in [0.717, 1.165) is 11.1 Å². The molecule has 2 aromatic carbocycles. The fourth-order valence-electron chi connectivity index (χ4n) is 3.94. The van der Waals surface area contributed by atoms with Crippen LogP contribution in [0.15, 0.2) is 71.9 Å². The molecule has 2 aliphatic rings. The zero-order valence-electron chi connectivity index (χ0n) is 17.3. The molecule has 9 heteroatoms. The van der Waals surface area contributed by atoms with Crippen LogP contribution in [0.4, 0.5) is 0 Å². The SMILES string of the molecule is O=C(O)CC(=O)C1C(=O)N2C(C(=O)OC(c3ccccc3)c3ccccc3)=C(CCl)CSC12. The maximum atomic E-state index is 13.4. The summed E-state index contributed by atoms with van der Waals surface area (Å²) in [6, 6.07) is 18.5. The van der Waals surface area contributed by atoms with Crippen LogP contribution in [0.1, 0.15) is 23.7 Å². The minimum absolute atomic E-state index is 0.0169. The highest BCUT2D eigenvalue weighted by Gasteiger charge is 2.56. The average Bonchev–Trinajstić information content (AvgIpc) is 2.82. The summed E-state index contributed by atoms with van der Waals surface area (Å²) >= 11 is 7.37. The summed E-state index contributed by atoms with van der Waals surface area (Å²) in [5.74, 6) is -4.03. The number of carbonyl (C=O) groups is 4. The second-order valence-corrected chi connectivity index (χ2v) is 8.99. The van der Waals surface area contributed by atoms with E-state index < -0.39 is 47.4 Å². The zero-order chi connectivity index (χ0) is 23.5. The summed E-state index contributed by atoms with van der Waals surface area (Å²) in [5.41, 5.74) is 2.09. The molecule has 2 aromatic rings. The van der Waals surface area contributed by atoms with Gasteiger partial charge in [-0.2, -0.15) is 0 Å². The summed E-state index contributed by atoms with van der Waals surface area (Å²) in [5, 5.41) is 8.27. The molecule has 1 N–H and O–H groups in total. The third-order valence-electron chi connectivity index (χ3n) is 5.50. The van der Waals surface area contributed by atoms with Crippen molar-refractivity contribution in [2.45, 2.75) is 17.9 Å². The van der Waals surface area contributed by atoms with Crippen LogP contribution in [-0.4, -0.2) is 50.6 Å². The predicted octanol–water partition coefficient (Wildman–Crippen LogP) is 3.39. The largest absolute Gasteiger partial charge is 0.481 e. The Hall–Kier alpha value is -3.10. The van der Waals surface area contributed by atoms with E-state index in [1.54, 1.807) is 0 Å². The number of aliphatic carboxylic acids is 1. The number of benzene rings is 2. The van der Waals surface area contributed by atoms with Gasteiger partial charge in [-0.25, -0.2) is 4.79 Å². The standard InChI is InChI=1S/C24H20ClNO6S/c25-12-16-13-33-23-19(17(27)11-18(28)29)22(30)26(23)20(16)24(31)32-21(14-7-3-1-4-8-14)15-9-5-2-6-10-15/h1-10,19,21,23H,11-13H2,(H,28,29). The molecule has 170 valence electrons. The minimum Gasteiger partial charge on any atom is -0.481 e. The third-order valence-corrected chi connectivity index (χ3v) is 7.17. The lowest BCUT2D eigenvalue weighted by atomic mass is 9.90. The summed E-state index contributed by atoms with van der Waals surface area (Å²) in [4.78, 5) is 50.7. The lowest BCUT2D eigenvalue weighted by Crippen LogP contribution is -2.64. The molecular formula is C24H20ClNO6S. The van der Waals surface area contributed by atoms with Gasteiger partial charge in [-0.3, -0.25) is 19.3 Å². The highest BCUT2D eigenvalue weighted by molar-refractivity contribution is 8.00. The number of fused-ring (bicyclic) bond motifs is 1. The molecule has 0 spiro atoms. The smallest absolute Gasteiger partial charge is 0.356 e. The number of β-lactam (4-membered cyclic amide) rings is 1. The molecule has 0 aromatic heterocycles. The number of nitrogens with zero attached hydrogens (tertiary/aromatic N) is 1. The van der Waals surface area contributed by atoms with Gasteiger partial charge in [0.15, 0.2) is 11.9 Å². The van der Waals surface area contributed by atoms with Gasteiger partial charge in [-0.15, -0.1) is 23.4 Å². The highest BCUT2D eigenvalue weighted by Crippen LogP contribution is 2.45.